The van der Waals surface area contributed by atoms with Gasteiger partial charge in [-0.15, -0.1) is 0 Å². The summed E-state index contributed by atoms with van der Waals surface area (Å²) in [7, 11) is 0. The molecule has 0 atom stereocenters. The van der Waals surface area contributed by atoms with Crippen LogP contribution in [0, 0.1) is 0 Å². The summed E-state index contributed by atoms with van der Waals surface area (Å²) >= 11 is 0. The summed E-state index contributed by atoms with van der Waals surface area (Å²) in [6.45, 7) is 7.78. The summed E-state index contributed by atoms with van der Waals surface area (Å²) < 4.78 is 7.00. The molecule has 1 aromatic carbocycles. The van der Waals surface area contributed by atoms with E-state index in [9.17, 15) is 4.79 Å². The molecule has 0 fully saturated rings. The first-order valence-electron chi connectivity index (χ1n) is 6.74. The summed E-state index contributed by atoms with van der Waals surface area (Å²) in [5.41, 5.74) is 1.72. The average Bonchev–Trinajstić information content (AvgIpc) is 2.72. The van der Waals surface area contributed by atoms with Crippen LogP contribution in [-0.2, 0) is 11.2 Å². The lowest BCUT2D eigenvalue weighted by Gasteiger charge is -2.19. The van der Waals surface area contributed by atoms with Gasteiger partial charge in [-0.05, 0) is 44.9 Å². The number of fused-ring (bicyclic) bond motifs is 1. The highest BCUT2D eigenvalue weighted by Gasteiger charge is 2.19. The second kappa shape index (κ2) is 5.08. The SMILES string of the molecule is CCCc1cccc2c1ccn2C(=O)OC(C)(C)C. The number of rotatable bonds is 2. The van der Waals surface area contributed by atoms with E-state index >= 15 is 0 Å². The first kappa shape index (κ1) is 13.7. The van der Waals surface area contributed by atoms with Gasteiger partial charge in [-0.3, -0.25) is 4.57 Å². The number of benzene rings is 1. The molecule has 1 aromatic heterocycles. The van der Waals surface area contributed by atoms with Crippen molar-refractivity contribution in [3.63, 3.8) is 0 Å². The minimum Gasteiger partial charge on any atom is -0.443 e. The van der Waals surface area contributed by atoms with Crippen LogP contribution in [0.5, 0.6) is 0 Å². The highest BCUT2D eigenvalue weighted by atomic mass is 16.6. The van der Waals surface area contributed by atoms with E-state index < -0.39 is 5.60 Å². The topological polar surface area (TPSA) is 31.2 Å². The summed E-state index contributed by atoms with van der Waals surface area (Å²) in [4.78, 5) is 12.1. The predicted molar refractivity (Wildman–Crippen MR) is 77.6 cm³/mol. The molecule has 0 N–H and O–H groups in total. The Hall–Kier alpha value is -1.77. The van der Waals surface area contributed by atoms with Crippen molar-refractivity contribution in [3.05, 3.63) is 36.0 Å². The molecule has 2 aromatic rings. The van der Waals surface area contributed by atoms with Crippen molar-refractivity contribution in [2.24, 2.45) is 0 Å². The maximum atomic E-state index is 12.1. The third-order valence-corrected chi connectivity index (χ3v) is 2.93. The standard InChI is InChI=1S/C16H21NO2/c1-5-7-12-8-6-9-14-13(12)10-11-17(14)15(18)19-16(2,3)4/h6,8-11H,5,7H2,1-4H3. The highest BCUT2D eigenvalue weighted by Crippen LogP contribution is 2.22. The molecule has 19 heavy (non-hydrogen) atoms. The molecule has 3 nitrogen and oxygen atoms in total. The number of hydrogen-bond acceptors (Lipinski definition) is 2. The average molecular weight is 259 g/mol. The van der Waals surface area contributed by atoms with Crippen LogP contribution >= 0.6 is 0 Å². The third-order valence-electron chi connectivity index (χ3n) is 2.93. The molecule has 0 amide bonds. The minimum absolute atomic E-state index is 0.323. The number of ether oxygens (including phenoxy) is 1. The smallest absolute Gasteiger partial charge is 0.418 e. The molecule has 0 spiro atoms. The van der Waals surface area contributed by atoms with Gasteiger partial charge in [0, 0.05) is 11.6 Å². The Morgan fingerprint density at radius 1 is 1.26 bits per heavy atom. The maximum absolute atomic E-state index is 12.1. The molecule has 3 heteroatoms. The molecule has 0 unspecified atom stereocenters. The van der Waals surface area contributed by atoms with E-state index in [4.69, 9.17) is 4.74 Å². The number of hydrogen-bond donors (Lipinski definition) is 0. The second-order valence-corrected chi connectivity index (χ2v) is 5.77. The van der Waals surface area contributed by atoms with E-state index in [-0.39, 0.29) is 6.09 Å². The van der Waals surface area contributed by atoms with Crippen molar-refractivity contribution < 1.29 is 9.53 Å². The van der Waals surface area contributed by atoms with Gasteiger partial charge < -0.3 is 4.74 Å². The molecule has 0 radical (unpaired) electrons. The van der Waals surface area contributed by atoms with Gasteiger partial charge in [0.05, 0.1) is 5.52 Å². The zero-order valence-corrected chi connectivity index (χ0v) is 12.1. The Kier molecular flexibility index (Phi) is 3.65. The summed E-state index contributed by atoms with van der Waals surface area (Å²) in [6.07, 6.45) is 3.58. The van der Waals surface area contributed by atoms with E-state index in [2.05, 4.69) is 13.0 Å². The van der Waals surface area contributed by atoms with Crippen LogP contribution in [0.4, 0.5) is 4.79 Å². The maximum Gasteiger partial charge on any atom is 0.418 e. The van der Waals surface area contributed by atoms with Gasteiger partial charge >= 0.3 is 6.09 Å². The van der Waals surface area contributed by atoms with Crippen molar-refractivity contribution >= 4 is 17.0 Å². The summed E-state index contributed by atoms with van der Waals surface area (Å²) in [6, 6.07) is 8.06. The highest BCUT2D eigenvalue weighted by molar-refractivity contribution is 5.91. The van der Waals surface area contributed by atoms with Crippen molar-refractivity contribution in [1.29, 1.82) is 0 Å². The van der Waals surface area contributed by atoms with Gasteiger partial charge in [-0.25, -0.2) is 4.79 Å². The van der Waals surface area contributed by atoms with E-state index in [1.54, 1.807) is 10.8 Å². The van der Waals surface area contributed by atoms with Crippen molar-refractivity contribution in [3.8, 4) is 0 Å². The molecule has 102 valence electrons. The van der Waals surface area contributed by atoms with Crippen LogP contribution in [0.15, 0.2) is 30.5 Å². The first-order valence-corrected chi connectivity index (χ1v) is 6.74. The normalized spacial score (nSPS) is 11.8. The third kappa shape index (κ3) is 2.98. The van der Waals surface area contributed by atoms with Gasteiger partial charge in [0.1, 0.15) is 5.60 Å². The van der Waals surface area contributed by atoms with Crippen molar-refractivity contribution in [2.75, 3.05) is 0 Å². The number of aryl methyl sites for hydroxylation is 1. The van der Waals surface area contributed by atoms with Gasteiger partial charge in [-0.2, -0.15) is 0 Å². The predicted octanol–water partition coefficient (Wildman–Crippen LogP) is 4.38. The molecular weight excluding hydrogens is 238 g/mol. The zero-order valence-electron chi connectivity index (χ0n) is 12.1. The number of carbonyl (C=O) groups is 1. The monoisotopic (exact) mass is 259 g/mol. The van der Waals surface area contributed by atoms with Crippen LogP contribution in [0.2, 0.25) is 0 Å². The lowest BCUT2D eigenvalue weighted by atomic mass is 10.1. The van der Waals surface area contributed by atoms with Crippen molar-refractivity contribution in [1.82, 2.24) is 4.57 Å². The van der Waals surface area contributed by atoms with Crippen LogP contribution in [0.3, 0.4) is 0 Å². The van der Waals surface area contributed by atoms with E-state index in [0.29, 0.717) is 0 Å². The Morgan fingerprint density at radius 2 is 2.00 bits per heavy atom. The molecule has 0 aliphatic carbocycles. The second-order valence-electron chi connectivity index (χ2n) is 5.77. The lowest BCUT2D eigenvalue weighted by Crippen LogP contribution is -2.26. The minimum atomic E-state index is -0.477. The molecular formula is C16H21NO2. The fourth-order valence-electron chi connectivity index (χ4n) is 2.19. The number of aromatic nitrogens is 1. The molecule has 0 saturated carbocycles. The van der Waals surface area contributed by atoms with Gasteiger partial charge in [0.25, 0.3) is 0 Å². The van der Waals surface area contributed by atoms with E-state index in [1.807, 2.05) is 39.0 Å². The summed E-state index contributed by atoms with van der Waals surface area (Å²) in [5, 5.41) is 1.13. The molecule has 0 aliphatic rings. The fraction of sp³-hybridized carbons (Fsp3) is 0.438. The van der Waals surface area contributed by atoms with Crippen LogP contribution in [-0.4, -0.2) is 16.3 Å². The van der Waals surface area contributed by atoms with E-state index in [0.717, 1.165) is 23.7 Å². The van der Waals surface area contributed by atoms with E-state index in [1.165, 1.54) is 5.56 Å². The van der Waals surface area contributed by atoms with Crippen LogP contribution < -0.4 is 0 Å². The quantitative estimate of drug-likeness (QED) is 0.801. The molecule has 2 rings (SSSR count). The van der Waals surface area contributed by atoms with Gasteiger partial charge in [0.15, 0.2) is 0 Å². The Balaban J connectivity index is 2.41. The Bertz CT molecular complexity index is 590. The Morgan fingerprint density at radius 3 is 2.63 bits per heavy atom. The first-order chi connectivity index (χ1) is 8.92. The van der Waals surface area contributed by atoms with Gasteiger partial charge in [0.2, 0.25) is 0 Å². The fourth-order valence-corrected chi connectivity index (χ4v) is 2.19. The van der Waals surface area contributed by atoms with Crippen LogP contribution in [0.25, 0.3) is 10.9 Å². The number of carbonyl (C=O) groups excluding carboxylic acids is 1. The van der Waals surface area contributed by atoms with Crippen molar-refractivity contribution in [2.45, 2.75) is 46.1 Å². The molecule has 0 aliphatic heterocycles. The van der Waals surface area contributed by atoms with Gasteiger partial charge in [-0.1, -0.05) is 25.5 Å². The molecule has 1 heterocycles. The summed E-state index contributed by atoms with van der Waals surface area (Å²) in [5.74, 6) is 0. The van der Waals surface area contributed by atoms with Crippen LogP contribution in [0.1, 0.15) is 39.7 Å². The number of nitrogens with zero attached hydrogens (tertiary/aromatic N) is 1. The Labute approximate surface area is 114 Å². The lowest BCUT2D eigenvalue weighted by molar-refractivity contribution is 0.0544. The zero-order chi connectivity index (χ0) is 14.0. The molecule has 0 saturated heterocycles. The largest absolute Gasteiger partial charge is 0.443 e. The molecule has 0 bridgehead atoms.